The lowest BCUT2D eigenvalue weighted by molar-refractivity contribution is 0.636. The monoisotopic (exact) mass is 195 g/mol. The Morgan fingerprint density at radius 2 is 1.50 bits per heavy atom. The van der Waals surface area contributed by atoms with E-state index in [0.717, 1.165) is 0 Å². The van der Waals surface area contributed by atoms with Crippen molar-refractivity contribution >= 4 is 6.21 Å². The SMILES string of the molecule is CN=CC(C)/C(=C(\C)C(C)C)C(C)C. The Hall–Kier alpha value is -0.590. The van der Waals surface area contributed by atoms with Crippen LogP contribution < -0.4 is 0 Å². The minimum atomic E-state index is 0.474. The summed E-state index contributed by atoms with van der Waals surface area (Å²) >= 11 is 0. The second-order valence-corrected chi connectivity index (χ2v) is 4.64. The highest BCUT2D eigenvalue weighted by molar-refractivity contribution is 5.65. The Labute approximate surface area is 89.3 Å². The van der Waals surface area contributed by atoms with Crippen molar-refractivity contribution in [3.63, 3.8) is 0 Å². The molecule has 0 amide bonds. The Morgan fingerprint density at radius 3 is 1.79 bits per heavy atom. The van der Waals surface area contributed by atoms with E-state index in [-0.39, 0.29) is 0 Å². The first kappa shape index (κ1) is 13.4. The Balaban J connectivity index is 5.03. The molecule has 1 heteroatoms. The van der Waals surface area contributed by atoms with Crippen molar-refractivity contribution in [2.45, 2.75) is 41.5 Å². The highest BCUT2D eigenvalue weighted by Crippen LogP contribution is 2.26. The average molecular weight is 195 g/mol. The van der Waals surface area contributed by atoms with Gasteiger partial charge in [0.2, 0.25) is 0 Å². The molecular weight excluding hydrogens is 170 g/mol. The molecule has 0 bridgehead atoms. The molecule has 0 fully saturated rings. The van der Waals surface area contributed by atoms with Gasteiger partial charge in [0.05, 0.1) is 0 Å². The van der Waals surface area contributed by atoms with Crippen LogP contribution in [0.4, 0.5) is 0 Å². The standard InChI is InChI=1S/C13H25N/c1-9(2)12(6)13(10(3)4)11(5)8-14-7/h8-11H,1-7H3/b13-12+,14-8?. The molecule has 1 nitrogen and oxygen atoms in total. The molecule has 0 spiro atoms. The molecule has 0 saturated heterocycles. The fourth-order valence-electron chi connectivity index (χ4n) is 1.98. The van der Waals surface area contributed by atoms with Crippen molar-refractivity contribution in [2.24, 2.45) is 22.7 Å². The van der Waals surface area contributed by atoms with E-state index in [9.17, 15) is 0 Å². The molecule has 0 aromatic heterocycles. The zero-order chi connectivity index (χ0) is 11.3. The van der Waals surface area contributed by atoms with Gasteiger partial charge >= 0.3 is 0 Å². The second-order valence-electron chi connectivity index (χ2n) is 4.64. The van der Waals surface area contributed by atoms with Crippen LogP contribution in [-0.4, -0.2) is 13.3 Å². The van der Waals surface area contributed by atoms with Gasteiger partial charge in [-0.25, -0.2) is 0 Å². The predicted molar refractivity (Wildman–Crippen MR) is 66.0 cm³/mol. The van der Waals surface area contributed by atoms with Gasteiger partial charge in [0.25, 0.3) is 0 Å². The third-order valence-corrected chi connectivity index (χ3v) is 2.81. The van der Waals surface area contributed by atoms with Gasteiger partial charge in [-0.2, -0.15) is 0 Å². The minimum absolute atomic E-state index is 0.474. The van der Waals surface area contributed by atoms with Crippen molar-refractivity contribution in [3.8, 4) is 0 Å². The molecule has 0 rings (SSSR count). The van der Waals surface area contributed by atoms with Gasteiger partial charge in [0.1, 0.15) is 0 Å². The molecule has 1 unspecified atom stereocenters. The van der Waals surface area contributed by atoms with Crippen molar-refractivity contribution in [3.05, 3.63) is 11.1 Å². The van der Waals surface area contributed by atoms with Gasteiger partial charge in [-0.15, -0.1) is 0 Å². The Kier molecular flexibility index (Phi) is 5.75. The summed E-state index contributed by atoms with van der Waals surface area (Å²) in [6.45, 7) is 13.5. The summed E-state index contributed by atoms with van der Waals surface area (Å²) in [5.41, 5.74) is 3.07. The summed E-state index contributed by atoms with van der Waals surface area (Å²) < 4.78 is 0. The molecule has 0 aliphatic carbocycles. The summed E-state index contributed by atoms with van der Waals surface area (Å²) in [6, 6.07) is 0. The van der Waals surface area contributed by atoms with E-state index >= 15 is 0 Å². The van der Waals surface area contributed by atoms with E-state index < -0.39 is 0 Å². The largest absolute Gasteiger partial charge is 0.300 e. The predicted octanol–water partition coefficient (Wildman–Crippen LogP) is 3.95. The summed E-state index contributed by atoms with van der Waals surface area (Å²) in [6.07, 6.45) is 2.04. The van der Waals surface area contributed by atoms with Gasteiger partial charge in [0.15, 0.2) is 0 Å². The molecule has 1 atom stereocenters. The smallest absolute Gasteiger partial charge is 0.0273 e. The van der Waals surface area contributed by atoms with E-state index in [1.807, 2.05) is 13.3 Å². The molecule has 0 radical (unpaired) electrons. The van der Waals surface area contributed by atoms with Crippen LogP contribution in [0.5, 0.6) is 0 Å². The molecule has 0 saturated carbocycles. The maximum atomic E-state index is 4.12. The van der Waals surface area contributed by atoms with Gasteiger partial charge < -0.3 is 4.99 Å². The third-order valence-electron chi connectivity index (χ3n) is 2.81. The van der Waals surface area contributed by atoms with E-state index in [1.54, 1.807) is 5.57 Å². The Bertz CT molecular complexity index is 221. The fourth-order valence-corrected chi connectivity index (χ4v) is 1.98. The van der Waals surface area contributed by atoms with Gasteiger partial charge in [-0.1, -0.05) is 45.8 Å². The summed E-state index contributed by atoms with van der Waals surface area (Å²) in [5, 5.41) is 0. The second kappa shape index (κ2) is 6.00. The van der Waals surface area contributed by atoms with Crippen LogP contribution in [0.15, 0.2) is 16.1 Å². The normalized spacial score (nSPS) is 16.6. The molecule has 0 aliphatic rings. The number of rotatable bonds is 4. The van der Waals surface area contributed by atoms with Crippen LogP contribution in [0.25, 0.3) is 0 Å². The molecule has 0 aromatic carbocycles. The highest BCUT2D eigenvalue weighted by atomic mass is 14.6. The zero-order valence-corrected chi connectivity index (χ0v) is 10.8. The quantitative estimate of drug-likeness (QED) is 0.476. The first-order valence-corrected chi connectivity index (χ1v) is 5.54. The zero-order valence-electron chi connectivity index (χ0n) is 10.8. The molecule has 14 heavy (non-hydrogen) atoms. The minimum Gasteiger partial charge on any atom is -0.300 e. The van der Waals surface area contributed by atoms with Crippen LogP contribution in [0, 0.1) is 17.8 Å². The van der Waals surface area contributed by atoms with Crippen molar-refractivity contribution in [2.75, 3.05) is 7.05 Å². The van der Waals surface area contributed by atoms with Crippen molar-refractivity contribution < 1.29 is 0 Å². The number of allylic oxidation sites excluding steroid dienone is 2. The fraction of sp³-hybridized carbons (Fsp3) is 0.769. The van der Waals surface area contributed by atoms with Crippen LogP contribution >= 0.6 is 0 Å². The van der Waals surface area contributed by atoms with Crippen molar-refractivity contribution in [1.29, 1.82) is 0 Å². The van der Waals surface area contributed by atoms with Crippen LogP contribution in [0.1, 0.15) is 41.5 Å². The lowest BCUT2D eigenvalue weighted by Gasteiger charge is -2.22. The maximum Gasteiger partial charge on any atom is 0.0273 e. The molecular formula is C13H25N. The third kappa shape index (κ3) is 3.65. The average Bonchev–Trinajstić information content (AvgIpc) is 2.03. The maximum absolute atomic E-state index is 4.12. The molecule has 0 aromatic rings. The van der Waals surface area contributed by atoms with E-state index in [2.05, 4.69) is 46.5 Å². The number of hydrogen-bond acceptors (Lipinski definition) is 1. The topological polar surface area (TPSA) is 12.4 Å². The molecule has 0 heterocycles. The Morgan fingerprint density at radius 1 is 1.00 bits per heavy atom. The number of nitrogens with zero attached hydrogens (tertiary/aromatic N) is 1. The number of hydrogen-bond donors (Lipinski definition) is 0. The lowest BCUT2D eigenvalue weighted by atomic mass is 9.84. The van der Waals surface area contributed by atoms with Crippen molar-refractivity contribution in [1.82, 2.24) is 0 Å². The summed E-state index contributed by atoms with van der Waals surface area (Å²) in [7, 11) is 1.85. The van der Waals surface area contributed by atoms with Gasteiger partial charge in [0, 0.05) is 19.2 Å². The van der Waals surface area contributed by atoms with Crippen LogP contribution in [0.3, 0.4) is 0 Å². The molecule has 0 N–H and O–H groups in total. The van der Waals surface area contributed by atoms with Crippen LogP contribution in [0.2, 0.25) is 0 Å². The first-order chi connectivity index (χ1) is 6.41. The van der Waals surface area contributed by atoms with E-state index in [1.165, 1.54) is 5.57 Å². The first-order valence-electron chi connectivity index (χ1n) is 5.54. The highest BCUT2D eigenvalue weighted by Gasteiger charge is 2.15. The lowest BCUT2D eigenvalue weighted by Crippen LogP contribution is -2.12. The molecule has 82 valence electrons. The summed E-state index contributed by atoms with van der Waals surface area (Å²) in [4.78, 5) is 4.12. The molecule has 0 aliphatic heterocycles. The van der Waals surface area contributed by atoms with Gasteiger partial charge in [-0.3, -0.25) is 0 Å². The summed E-state index contributed by atoms with van der Waals surface area (Å²) in [5.74, 6) is 1.73. The van der Waals surface area contributed by atoms with Gasteiger partial charge in [-0.05, 0) is 18.8 Å². The van der Waals surface area contributed by atoms with E-state index in [4.69, 9.17) is 0 Å². The van der Waals surface area contributed by atoms with E-state index in [0.29, 0.717) is 17.8 Å². The number of aliphatic imine (C=N–C) groups is 1. The van der Waals surface area contributed by atoms with Crippen LogP contribution in [-0.2, 0) is 0 Å².